The Bertz CT molecular complexity index is 489. The minimum absolute atomic E-state index is 0.228. The van der Waals surface area contributed by atoms with Gasteiger partial charge in [0.1, 0.15) is 12.2 Å². The number of hydrogen-bond donors (Lipinski definition) is 0. The molecule has 0 heterocycles. The van der Waals surface area contributed by atoms with Crippen molar-refractivity contribution in [1.82, 2.24) is 0 Å². The Morgan fingerprint density at radius 1 is 1.21 bits per heavy atom. The van der Waals surface area contributed by atoms with Gasteiger partial charge in [-0.15, -0.1) is 0 Å². The Hall–Kier alpha value is -1.84. The number of rotatable bonds is 5. The van der Waals surface area contributed by atoms with Crippen LogP contribution in [0.25, 0.3) is 0 Å². The van der Waals surface area contributed by atoms with Crippen molar-refractivity contribution in [2.75, 3.05) is 14.2 Å². The van der Waals surface area contributed by atoms with E-state index in [1.807, 2.05) is 32.9 Å². The lowest BCUT2D eigenvalue weighted by molar-refractivity contribution is -0.139. The summed E-state index contributed by atoms with van der Waals surface area (Å²) in [6.07, 6.45) is -0.235. The molecule has 104 valence electrons. The lowest BCUT2D eigenvalue weighted by atomic mass is 9.94. The highest BCUT2D eigenvalue weighted by Crippen LogP contribution is 2.30. The van der Waals surface area contributed by atoms with Crippen LogP contribution in [0.3, 0.4) is 0 Å². The van der Waals surface area contributed by atoms with E-state index in [2.05, 4.69) is 4.74 Å². The zero-order valence-electron chi connectivity index (χ0n) is 12.1. The number of hydrogen-bond acceptors (Lipinski definition) is 4. The minimum Gasteiger partial charge on any atom is -0.496 e. The van der Waals surface area contributed by atoms with E-state index in [4.69, 9.17) is 4.74 Å². The molecule has 0 saturated heterocycles. The second-order valence-corrected chi connectivity index (χ2v) is 4.74. The highest BCUT2D eigenvalue weighted by Gasteiger charge is 2.18. The summed E-state index contributed by atoms with van der Waals surface area (Å²) in [5.74, 6) is 0.252. The Morgan fingerprint density at radius 3 is 2.32 bits per heavy atom. The van der Waals surface area contributed by atoms with Crippen LogP contribution in [0.1, 0.15) is 47.7 Å². The Balaban J connectivity index is 3.18. The van der Waals surface area contributed by atoms with Crippen molar-refractivity contribution in [3.63, 3.8) is 0 Å². The molecule has 0 radical (unpaired) electrons. The summed E-state index contributed by atoms with van der Waals surface area (Å²) in [5, 5.41) is 0. The standard InChI is InChI=1S/C15H20O4/c1-9(2)11-7-12(10(3)6-14(11)18-4)13(16)8-15(17)19-5/h6-7,9H,8H2,1-5H3. The molecule has 4 nitrogen and oxygen atoms in total. The average Bonchev–Trinajstić information content (AvgIpc) is 2.37. The summed E-state index contributed by atoms with van der Waals surface area (Å²) in [5.41, 5.74) is 2.31. The largest absolute Gasteiger partial charge is 0.496 e. The lowest BCUT2D eigenvalue weighted by Crippen LogP contribution is -2.11. The predicted molar refractivity (Wildman–Crippen MR) is 72.8 cm³/mol. The van der Waals surface area contributed by atoms with E-state index >= 15 is 0 Å². The second-order valence-electron chi connectivity index (χ2n) is 4.74. The summed E-state index contributed by atoms with van der Waals surface area (Å²) in [6.45, 7) is 5.89. The highest BCUT2D eigenvalue weighted by molar-refractivity contribution is 6.07. The molecule has 0 unspecified atom stereocenters. The zero-order valence-corrected chi connectivity index (χ0v) is 12.1. The van der Waals surface area contributed by atoms with Gasteiger partial charge >= 0.3 is 5.97 Å². The van der Waals surface area contributed by atoms with Crippen molar-refractivity contribution in [1.29, 1.82) is 0 Å². The van der Waals surface area contributed by atoms with Crippen LogP contribution in [0.5, 0.6) is 5.75 Å². The van der Waals surface area contributed by atoms with E-state index in [0.717, 1.165) is 16.9 Å². The molecule has 1 aromatic carbocycles. The molecule has 0 amide bonds. The Morgan fingerprint density at radius 2 is 1.84 bits per heavy atom. The number of carbonyl (C=O) groups is 2. The van der Waals surface area contributed by atoms with Gasteiger partial charge in [-0.25, -0.2) is 0 Å². The maximum atomic E-state index is 12.1. The molecule has 1 aromatic rings. The SMILES string of the molecule is COC(=O)CC(=O)c1cc(C(C)C)c(OC)cc1C. The summed E-state index contributed by atoms with van der Waals surface area (Å²) < 4.78 is 9.84. The van der Waals surface area contributed by atoms with Gasteiger partial charge < -0.3 is 9.47 Å². The maximum Gasteiger partial charge on any atom is 0.313 e. The van der Waals surface area contributed by atoms with E-state index in [0.29, 0.717) is 5.56 Å². The van der Waals surface area contributed by atoms with Crippen LogP contribution in [-0.4, -0.2) is 26.0 Å². The van der Waals surface area contributed by atoms with Gasteiger partial charge in [-0.1, -0.05) is 13.8 Å². The molecule has 0 atom stereocenters. The number of carbonyl (C=O) groups excluding carboxylic acids is 2. The van der Waals surface area contributed by atoms with Crippen LogP contribution in [0.4, 0.5) is 0 Å². The quantitative estimate of drug-likeness (QED) is 0.466. The number of methoxy groups -OCH3 is 2. The van der Waals surface area contributed by atoms with Crippen molar-refractivity contribution in [2.24, 2.45) is 0 Å². The van der Waals surface area contributed by atoms with Gasteiger partial charge in [0.25, 0.3) is 0 Å². The van der Waals surface area contributed by atoms with E-state index < -0.39 is 5.97 Å². The molecule has 0 aliphatic heterocycles. The summed E-state index contributed by atoms with van der Waals surface area (Å²) in [4.78, 5) is 23.2. The van der Waals surface area contributed by atoms with Crippen LogP contribution in [0.2, 0.25) is 0 Å². The molecule has 0 aromatic heterocycles. The smallest absolute Gasteiger partial charge is 0.313 e. The summed E-state index contributed by atoms with van der Waals surface area (Å²) in [7, 11) is 2.88. The first kappa shape index (κ1) is 15.2. The minimum atomic E-state index is -0.522. The fourth-order valence-corrected chi connectivity index (χ4v) is 1.93. The molecule has 0 N–H and O–H groups in total. The predicted octanol–water partition coefficient (Wildman–Crippen LogP) is 2.87. The molecule has 0 fully saturated rings. The topological polar surface area (TPSA) is 52.6 Å². The van der Waals surface area contributed by atoms with Crippen LogP contribution in [0.15, 0.2) is 12.1 Å². The fraction of sp³-hybridized carbons (Fsp3) is 0.467. The Labute approximate surface area is 113 Å². The van der Waals surface area contributed by atoms with Gasteiger partial charge in [0.2, 0.25) is 0 Å². The molecule has 19 heavy (non-hydrogen) atoms. The van der Waals surface area contributed by atoms with Crippen LogP contribution in [-0.2, 0) is 9.53 Å². The maximum absolute atomic E-state index is 12.1. The molecule has 0 spiro atoms. The number of aryl methyl sites for hydroxylation is 1. The van der Waals surface area contributed by atoms with Gasteiger partial charge in [0.05, 0.1) is 14.2 Å². The molecular formula is C15H20O4. The number of ether oxygens (including phenoxy) is 2. The zero-order chi connectivity index (χ0) is 14.6. The van der Waals surface area contributed by atoms with E-state index in [1.54, 1.807) is 7.11 Å². The van der Waals surface area contributed by atoms with Crippen molar-refractivity contribution < 1.29 is 19.1 Å². The number of Topliss-reactive ketones (excluding diaryl/α,β-unsaturated/α-hetero) is 1. The van der Waals surface area contributed by atoms with Crippen LogP contribution < -0.4 is 4.74 Å². The summed E-state index contributed by atoms with van der Waals surface area (Å²) in [6, 6.07) is 3.64. The van der Waals surface area contributed by atoms with Gasteiger partial charge in [0.15, 0.2) is 5.78 Å². The normalized spacial score (nSPS) is 10.4. The highest BCUT2D eigenvalue weighted by atomic mass is 16.5. The first-order chi connectivity index (χ1) is 8.90. The Kier molecular flexibility index (Phi) is 5.10. The number of ketones is 1. The van der Waals surface area contributed by atoms with Crippen molar-refractivity contribution in [2.45, 2.75) is 33.1 Å². The number of esters is 1. The van der Waals surface area contributed by atoms with Crippen LogP contribution in [0, 0.1) is 6.92 Å². The molecule has 0 saturated carbocycles. The first-order valence-electron chi connectivity index (χ1n) is 6.19. The lowest BCUT2D eigenvalue weighted by Gasteiger charge is -2.15. The molecule has 4 heteroatoms. The molecule has 0 aliphatic rings. The third kappa shape index (κ3) is 3.56. The van der Waals surface area contributed by atoms with Crippen molar-refractivity contribution in [3.8, 4) is 5.75 Å². The molecule has 0 aliphatic carbocycles. The van der Waals surface area contributed by atoms with Crippen LogP contribution >= 0.6 is 0 Å². The van der Waals surface area contributed by atoms with Gasteiger partial charge in [0, 0.05) is 5.56 Å². The third-order valence-electron chi connectivity index (χ3n) is 3.03. The first-order valence-corrected chi connectivity index (χ1v) is 6.19. The number of benzene rings is 1. The van der Waals surface area contributed by atoms with Crippen molar-refractivity contribution >= 4 is 11.8 Å². The van der Waals surface area contributed by atoms with Gasteiger partial charge in [-0.05, 0) is 36.1 Å². The monoisotopic (exact) mass is 264 g/mol. The van der Waals surface area contributed by atoms with E-state index in [-0.39, 0.29) is 18.1 Å². The van der Waals surface area contributed by atoms with Crippen molar-refractivity contribution in [3.05, 3.63) is 28.8 Å². The fourth-order valence-electron chi connectivity index (χ4n) is 1.93. The third-order valence-corrected chi connectivity index (χ3v) is 3.03. The molecule has 0 bridgehead atoms. The van der Waals surface area contributed by atoms with E-state index in [1.165, 1.54) is 7.11 Å². The molecular weight excluding hydrogens is 244 g/mol. The average molecular weight is 264 g/mol. The van der Waals surface area contributed by atoms with E-state index in [9.17, 15) is 9.59 Å². The van der Waals surface area contributed by atoms with Gasteiger partial charge in [-0.2, -0.15) is 0 Å². The van der Waals surface area contributed by atoms with Gasteiger partial charge in [-0.3, -0.25) is 9.59 Å². The summed E-state index contributed by atoms with van der Waals surface area (Å²) >= 11 is 0. The molecule has 1 rings (SSSR count). The second kappa shape index (κ2) is 6.36.